The third-order valence-electron chi connectivity index (χ3n) is 3.00. The minimum atomic E-state index is -0.0511. The summed E-state index contributed by atoms with van der Waals surface area (Å²) in [5.74, 6) is 0.470. The van der Waals surface area contributed by atoms with Crippen molar-refractivity contribution in [1.82, 2.24) is 20.2 Å². The number of rotatable bonds is 3. The van der Waals surface area contributed by atoms with E-state index in [0.29, 0.717) is 17.1 Å². The van der Waals surface area contributed by atoms with Crippen LogP contribution in [0.4, 0.5) is 0 Å². The van der Waals surface area contributed by atoms with Crippen LogP contribution in [-0.2, 0) is 0 Å². The Morgan fingerprint density at radius 2 is 1.90 bits per heavy atom. The first-order chi connectivity index (χ1) is 10.1. The van der Waals surface area contributed by atoms with Gasteiger partial charge in [-0.1, -0.05) is 46.3 Å². The molecule has 3 aromatic rings. The number of hydrogen-bond acceptors (Lipinski definition) is 4. The fraction of sp³-hybridized carbons (Fsp3) is 0.0667. The molecule has 104 valence electrons. The van der Waals surface area contributed by atoms with Crippen LogP contribution < -0.4 is 0 Å². The van der Waals surface area contributed by atoms with Crippen LogP contribution in [0.1, 0.15) is 17.3 Å². The highest BCUT2D eigenvalue weighted by atomic mass is 79.9. The van der Waals surface area contributed by atoms with Crippen molar-refractivity contribution < 1.29 is 4.79 Å². The standard InChI is InChI=1S/C15H11BrN4O/c1-10(21)13-9-12(16)7-8-14(13)20-18-15(17-19-20)11-5-3-2-4-6-11/h2-9H,1H3. The summed E-state index contributed by atoms with van der Waals surface area (Å²) in [5.41, 5.74) is 2.03. The molecule has 0 aliphatic rings. The molecule has 0 unspecified atom stereocenters. The second kappa shape index (κ2) is 5.57. The highest BCUT2D eigenvalue weighted by Crippen LogP contribution is 2.21. The molecule has 0 fully saturated rings. The van der Waals surface area contributed by atoms with E-state index in [-0.39, 0.29) is 5.78 Å². The van der Waals surface area contributed by atoms with Gasteiger partial charge in [-0.05, 0) is 30.3 Å². The van der Waals surface area contributed by atoms with E-state index in [2.05, 4.69) is 31.3 Å². The highest BCUT2D eigenvalue weighted by molar-refractivity contribution is 9.10. The van der Waals surface area contributed by atoms with Gasteiger partial charge in [0.25, 0.3) is 0 Å². The predicted octanol–water partition coefficient (Wildman–Crippen LogP) is 3.29. The minimum Gasteiger partial charge on any atom is -0.294 e. The van der Waals surface area contributed by atoms with Crippen LogP contribution in [-0.4, -0.2) is 26.0 Å². The molecule has 0 aliphatic heterocycles. The molecule has 0 radical (unpaired) electrons. The topological polar surface area (TPSA) is 60.7 Å². The van der Waals surface area contributed by atoms with Crippen molar-refractivity contribution in [3.8, 4) is 17.1 Å². The largest absolute Gasteiger partial charge is 0.294 e. The van der Waals surface area contributed by atoms with Crippen molar-refractivity contribution in [3.05, 3.63) is 58.6 Å². The number of hydrogen-bond donors (Lipinski definition) is 0. The Morgan fingerprint density at radius 1 is 1.14 bits per heavy atom. The molecule has 0 saturated heterocycles. The predicted molar refractivity (Wildman–Crippen MR) is 82.3 cm³/mol. The van der Waals surface area contributed by atoms with Gasteiger partial charge in [-0.2, -0.15) is 0 Å². The zero-order valence-electron chi connectivity index (χ0n) is 11.2. The third-order valence-corrected chi connectivity index (χ3v) is 3.49. The number of Topliss-reactive ketones (excluding diaryl/α,β-unsaturated/α-hetero) is 1. The van der Waals surface area contributed by atoms with Crippen molar-refractivity contribution in [2.45, 2.75) is 6.92 Å². The van der Waals surface area contributed by atoms with Crippen LogP contribution in [0.25, 0.3) is 17.1 Å². The summed E-state index contributed by atoms with van der Waals surface area (Å²) in [6.45, 7) is 1.51. The molecule has 0 N–H and O–H groups in total. The molecule has 6 heteroatoms. The van der Waals surface area contributed by atoms with E-state index < -0.39 is 0 Å². The van der Waals surface area contributed by atoms with Crippen molar-refractivity contribution in [2.75, 3.05) is 0 Å². The summed E-state index contributed by atoms with van der Waals surface area (Å²) < 4.78 is 0.833. The number of tetrazole rings is 1. The molecule has 0 aliphatic carbocycles. The molecule has 2 aromatic carbocycles. The number of ketones is 1. The highest BCUT2D eigenvalue weighted by Gasteiger charge is 2.13. The van der Waals surface area contributed by atoms with Gasteiger partial charge in [-0.25, -0.2) is 0 Å². The lowest BCUT2D eigenvalue weighted by Gasteiger charge is -2.05. The summed E-state index contributed by atoms with van der Waals surface area (Å²) in [5, 5.41) is 12.4. The van der Waals surface area contributed by atoms with Gasteiger partial charge < -0.3 is 0 Å². The normalized spacial score (nSPS) is 10.6. The Labute approximate surface area is 129 Å². The van der Waals surface area contributed by atoms with E-state index in [4.69, 9.17) is 0 Å². The van der Waals surface area contributed by atoms with Crippen LogP contribution in [0, 0.1) is 0 Å². The molecule has 1 aromatic heterocycles. The van der Waals surface area contributed by atoms with E-state index in [0.717, 1.165) is 10.0 Å². The lowest BCUT2D eigenvalue weighted by atomic mass is 10.1. The summed E-state index contributed by atoms with van der Waals surface area (Å²) in [7, 11) is 0. The first kappa shape index (κ1) is 13.6. The van der Waals surface area contributed by atoms with Gasteiger partial charge in [0.15, 0.2) is 5.78 Å². The van der Waals surface area contributed by atoms with Gasteiger partial charge in [-0.3, -0.25) is 4.79 Å². The van der Waals surface area contributed by atoms with Gasteiger partial charge in [0.05, 0.1) is 5.69 Å². The van der Waals surface area contributed by atoms with Gasteiger partial charge in [0.1, 0.15) is 0 Å². The quantitative estimate of drug-likeness (QED) is 0.685. The van der Waals surface area contributed by atoms with Crippen LogP contribution >= 0.6 is 15.9 Å². The van der Waals surface area contributed by atoms with E-state index in [9.17, 15) is 4.79 Å². The average molecular weight is 343 g/mol. The van der Waals surface area contributed by atoms with Gasteiger partial charge in [-0.15, -0.1) is 15.0 Å². The summed E-state index contributed by atoms with van der Waals surface area (Å²) in [4.78, 5) is 13.1. The maximum atomic E-state index is 11.8. The Bertz CT molecular complexity index is 798. The number of halogens is 1. The fourth-order valence-electron chi connectivity index (χ4n) is 1.98. The monoisotopic (exact) mass is 342 g/mol. The number of carbonyl (C=O) groups excluding carboxylic acids is 1. The molecule has 3 rings (SSSR count). The van der Waals surface area contributed by atoms with E-state index in [1.54, 1.807) is 12.1 Å². The minimum absolute atomic E-state index is 0.0511. The second-order valence-electron chi connectivity index (χ2n) is 4.49. The maximum Gasteiger partial charge on any atom is 0.205 e. The van der Waals surface area contributed by atoms with E-state index in [1.807, 2.05) is 36.4 Å². The van der Waals surface area contributed by atoms with Crippen molar-refractivity contribution >= 4 is 21.7 Å². The number of aromatic nitrogens is 4. The van der Waals surface area contributed by atoms with E-state index >= 15 is 0 Å². The first-order valence-corrected chi connectivity index (χ1v) is 7.11. The first-order valence-electron chi connectivity index (χ1n) is 6.31. The molecular formula is C15H11BrN4O. The number of carbonyl (C=O) groups is 1. The number of benzene rings is 2. The molecule has 0 bridgehead atoms. The van der Waals surface area contributed by atoms with Gasteiger partial charge in [0.2, 0.25) is 5.82 Å². The Balaban J connectivity index is 2.07. The van der Waals surface area contributed by atoms with Crippen molar-refractivity contribution in [3.63, 3.8) is 0 Å². The molecule has 0 spiro atoms. The van der Waals surface area contributed by atoms with Gasteiger partial charge in [0, 0.05) is 15.6 Å². The average Bonchev–Trinajstić information content (AvgIpc) is 2.97. The molecule has 0 saturated carbocycles. The van der Waals surface area contributed by atoms with Crippen LogP contribution in [0.15, 0.2) is 53.0 Å². The zero-order chi connectivity index (χ0) is 14.8. The van der Waals surface area contributed by atoms with Gasteiger partial charge >= 0.3 is 0 Å². The van der Waals surface area contributed by atoms with Crippen molar-refractivity contribution in [2.24, 2.45) is 0 Å². The Kier molecular flexibility index (Phi) is 3.62. The Morgan fingerprint density at radius 3 is 2.62 bits per heavy atom. The molecular weight excluding hydrogens is 332 g/mol. The van der Waals surface area contributed by atoms with Crippen LogP contribution in [0.2, 0.25) is 0 Å². The molecule has 0 amide bonds. The SMILES string of the molecule is CC(=O)c1cc(Br)ccc1-n1nnc(-c2ccccc2)n1. The molecule has 1 heterocycles. The number of nitrogens with zero attached hydrogens (tertiary/aromatic N) is 4. The third kappa shape index (κ3) is 2.75. The lowest BCUT2D eigenvalue weighted by Crippen LogP contribution is -2.06. The molecule has 0 atom stereocenters. The summed E-state index contributed by atoms with van der Waals surface area (Å²) >= 11 is 3.36. The van der Waals surface area contributed by atoms with Crippen molar-refractivity contribution in [1.29, 1.82) is 0 Å². The zero-order valence-corrected chi connectivity index (χ0v) is 12.8. The Hall–Kier alpha value is -2.34. The maximum absolute atomic E-state index is 11.8. The van der Waals surface area contributed by atoms with Crippen LogP contribution in [0.3, 0.4) is 0 Å². The molecule has 21 heavy (non-hydrogen) atoms. The fourth-order valence-corrected chi connectivity index (χ4v) is 2.34. The van der Waals surface area contributed by atoms with Crippen LogP contribution in [0.5, 0.6) is 0 Å². The van der Waals surface area contributed by atoms with E-state index in [1.165, 1.54) is 11.7 Å². The second-order valence-corrected chi connectivity index (χ2v) is 5.40. The smallest absolute Gasteiger partial charge is 0.205 e. The molecule has 5 nitrogen and oxygen atoms in total. The lowest BCUT2D eigenvalue weighted by molar-refractivity contribution is 0.101. The summed E-state index contributed by atoms with van der Waals surface area (Å²) in [6.07, 6.45) is 0. The summed E-state index contributed by atoms with van der Waals surface area (Å²) in [6, 6.07) is 15.0.